The van der Waals surface area contributed by atoms with E-state index in [-0.39, 0.29) is 17.4 Å². The number of benzene rings is 2. The van der Waals surface area contributed by atoms with E-state index in [4.69, 9.17) is 0 Å². The zero-order valence-corrected chi connectivity index (χ0v) is 14.4. The summed E-state index contributed by atoms with van der Waals surface area (Å²) in [6.07, 6.45) is 0. The van der Waals surface area contributed by atoms with Crippen LogP contribution in [0.1, 0.15) is 10.5 Å². The molecule has 1 aromatic heterocycles. The summed E-state index contributed by atoms with van der Waals surface area (Å²) >= 11 is 0. The lowest BCUT2D eigenvalue weighted by atomic mass is 10.2. The van der Waals surface area contributed by atoms with Crippen molar-refractivity contribution >= 4 is 28.2 Å². The Kier molecular flexibility index (Phi) is 4.23. The van der Waals surface area contributed by atoms with Gasteiger partial charge in [-0.25, -0.2) is 4.39 Å². The van der Waals surface area contributed by atoms with Crippen LogP contribution in [0.2, 0.25) is 0 Å². The number of carbonyl (C=O) groups is 1. The number of hydrogen-bond donors (Lipinski definition) is 1. The minimum Gasteiger partial charge on any atom is -0.362 e. The second kappa shape index (κ2) is 6.71. The van der Waals surface area contributed by atoms with Crippen LogP contribution in [0, 0.1) is 15.9 Å². The molecule has 2 aromatic carbocycles. The van der Waals surface area contributed by atoms with Gasteiger partial charge in [0, 0.05) is 43.1 Å². The zero-order chi connectivity index (χ0) is 19.0. The summed E-state index contributed by atoms with van der Waals surface area (Å²) in [6, 6.07) is 12.6. The normalized spacial score (nSPS) is 14.6. The molecule has 138 valence electrons. The Morgan fingerprint density at radius 2 is 1.81 bits per heavy atom. The van der Waals surface area contributed by atoms with Gasteiger partial charge in [0.05, 0.1) is 4.92 Å². The van der Waals surface area contributed by atoms with E-state index >= 15 is 0 Å². The highest BCUT2D eigenvalue weighted by atomic mass is 19.1. The molecule has 1 N–H and O–H groups in total. The summed E-state index contributed by atoms with van der Waals surface area (Å²) in [5.41, 5.74) is 1.75. The van der Waals surface area contributed by atoms with E-state index in [9.17, 15) is 19.3 Å². The van der Waals surface area contributed by atoms with Gasteiger partial charge in [-0.1, -0.05) is 12.1 Å². The maximum atomic E-state index is 13.3. The molecule has 4 rings (SSSR count). The van der Waals surface area contributed by atoms with Crippen LogP contribution in [0.3, 0.4) is 0 Å². The predicted molar refractivity (Wildman–Crippen MR) is 99.5 cm³/mol. The van der Waals surface area contributed by atoms with Crippen molar-refractivity contribution in [3.8, 4) is 0 Å². The van der Waals surface area contributed by atoms with Crippen LogP contribution in [0.15, 0.2) is 48.5 Å². The van der Waals surface area contributed by atoms with Gasteiger partial charge in [-0.3, -0.25) is 14.9 Å². The average molecular weight is 368 g/mol. The number of carbonyl (C=O) groups excluding carboxylic acids is 1. The number of halogens is 1. The van der Waals surface area contributed by atoms with Gasteiger partial charge in [0.2, 0.25) is 0 Å². The molecule has 1 aliphatic rings. The number of piperazine rings is 1. The van der Waals surface area contributed by atoms with Crippen molar-refractivity contribution in [2.75, 3.05) is 31.1 Å². The third kappa shape index (κ3) is 3.21. The Bertz CT molecular complexity index is 1020. The molecule has 0 atom stereocenters. The number of nitrogens with one attached hydrogen (secondary N) is 1. The van der Waals surface area contributed by atoms with Crippen molar-refractivity contribution in [1.82, 2.24) is 9.88 Å². The second-order valence-electron chi connectivity index (χ2n) is 6.44. The largest absolute Gasteiger partial charge is 0.362 e. The van der Waals surface area contributed by atoms with Crippen LogP contribution in [0.25, 0.3) is 10.9 Å². The lowest BCUT2D eigenvalue weighted by Crippen LogP contribution is -2.49. The smallest absolute Gasteiger partial charge is 0.292 e. The third-order valence-corrected chi connectivity index (χ3v) is 4.80. The molecule has 1 fully saturated rings. The van der Waals surface area contributed by atoms with Crippen molar-refractivity contribution < 1.29 is 14.1 Å². The van der Waals surface area contributed by atoms with Gasteiger partial charge in [-0.05, 0) is 30.3 Å². The summed E-state index contributed by atoms with van der Waals surface area (Å²) in [5, 5.41) is 11.9. The summed E-state index contributed by atoms with van der Waals surface area (Å²) in [4.78, 5) is 30.2. The van der Waals surface area contributed by atoms with E-state index in [0.29, 0.717) is 48.5 Å². The van der Waals surface area contributed by atoms with Crippen molar-refractivity contribution in [1.29, 1.82) is 0 Å². The highest BCUT2D eigenvalue weighted by Crippen LogP contribution is 2.28. The number of nitrogens with zero attached hydrogens (tertiary/aromatic N) is 3. The maximum absolute atomic E-state index is 13.3. The number of aromatic amines is 1. The van der Waals surface area contributed by atoms with Crippen molar-refractivity contribution in [2.24, 2.45) is 0 Å². The number of fused-ring (bicyclic) bond motifs is 1. The molecule has 0 unspecified atom stereocenters. The molecule has 3 aromatic rings. The monoisotopic (exact) mass is 368 g/mol. The Labute approximate surface area is 154 Å². The fourth-order valence-corrected chi connectivity index (χ4v) is 3.43. The summed E-state index contributed by atoms with van der Waals surface area (Å²) in [5.74, 6) is -0.507. The topological polar surface area (TPSA) is 82.5 Å². The highest BCUT2D eigenvalue weighted by molar-refractivity contribution is 5.98. The van der Waals surface area contributed by atoms with Gasteiger partial charge < -0.3 is 14.8 Å². The number of H-pyrrole nitrogens is 1. The van der Waals surface area contributed by atoms with E-state index in [2.05, 4.69) is 4.98 Å². The van der Waals surface area contributed by atoms with Crippen LogP contribution >= 0.6 is 0 Å². The number of nitro groups is 1. The van der Waals surface area contributed by atoms with Crippen LogP contribution in [0.4, 0.5) is 15.8 Å². The number of rotatable bonds is 3. The van der Waals surface area contributed by atoms with E-state index in [1.807, 2.05) is 4.90 Å². The fraction of sp³-hybridized carbons (Fsp3) is 0.211. The Hall–Kier alpha value is -3.42. The van der Waals surface area contributed by atoms with E-state index in [1.54, 1.807) is 35.2 Å². The molecule has 0 saturated carbocycles. The number of anilines is 1. The molecule has 8 heteroatoms. The minimum atomic E-state index is -0.392. The van der Waals surface area contributed by atoms with Gasteiger partial charge in [0.1, 0.15) is 17.2 Å². The molecular weight excluding hydrogens is 351 g/mol. The number of para-hydroxylation sites is 2. The molecule has 1 saturated heterocycles. The van der Waals surface area contributed by atoms with Crippen LogP contribution in [0.5, 0.6) is 0 Å². The molecule has 0 radical (unpaired) electrons. The molecule has 1 amide bonds. The average Bonchev–Trinajstić information content (AvgIpc) is 3.10. The number of amides is 1. The molecule has 1 aliphatic heterocycles. The molecule has 2 heterocycles. The van der Waals surface area contributed by atoms with Gasteiger partial charge in [-0.2, -0.15) is 0 Å². The van der Waals surface area contributed by atoms with Gasteiger partial charge in [0.25, 0.3) is 11.6 Å². The van der Waals surface area contributed by atoms with E-state index in [0.717, 1.165) is 0 Å². The molecule has 0 spiro atoms. The lowest BCUT2D eigenvalue weighted by Gasteiger charge is -2.35. The maximum Gasteiger partial charge on any atom is 0.292 e. The number of hydrogen-bond acceptors (Lipinski definition) is 4. The van der Waals surface area contributed by atoms with Crippen LogP contribution in [-0.2, 0) is 0 Å². The van der Waals surface area contributed by atoms with Crippen LogP contribution in [-0.4, -0.2) is 46.9 Å². The molecule has 0 aliphatic carbocycles. The SMILES string of the molecule is O=C(c1cc2cc(F)ccc2[nH]1)N1CCN(c2ccccc2[N+](=O)[O-])CC1. The van der Waals surface area contributed by atoms with Gasteiger partial charge >= 0.3 is 0 Å². The first kappa shape index (κ1) is 17.0. The number of aromatic nitrogens is 1. The quantitative estimate of drug-likeness (QED) is 0.569. The highest BCUT2D eigenvalue weighted by Gasteiger charge is 2.26. The Morgan fingerprint density at radius 3 is 2.56 bits per heavy atom. The van der Waals surface area contributed by atoms with Gasteiger partial charge in [-0.15, -0.1) is 0 Å². The first-order valence-electron chi connectivity index (χ1n) is 8.59. The molecular formula is C19H17FN4O3. The summed E-state index contributed by atoms with van der Waals surface area (Å²) < 4.78 is 13.3. The number of nitro benzene ring substituents is 1. The van der Waals surface area contributed by atoms with Crippen LogP contribution < -0.4 is 4.90 Å². The molecule has 0 bridgehead atoms. The second-order valence-corrected chi connectivity index (χ2v) is 6.44. The Balaban J connectivity index is 1.48. The fourth-order valence-electron chi connectivity index (χ4n) is 3.43. The van der Waals surface area contributed by atoms with E-state index < -0.39 is 4.92 Å². The molecule has 27 heavy (non-hydrogen) atoms. The van der Waals surface area contributed by atoms with Gasteiger partial charge in [0.15, 0.2) is 0 Å². The summed E-state index contributed by atoms with van der Waals surface area (Å²) in [7, 11) is 0. The summed E-state index contributed by atoms with van der Waals surface area (Å²) in [6.45, 7) is 1.92. The van der Waals surface area contributed by atoms with Crippen molar-refractivity contribution in [3.63, 3.8) is 0 Å². The van der Waals surface area contributed by atoms with E-state index in [1.165, 1.54) is 18.2 Å². The lowest BCUT2D eigenvalue weighted by molar-refractivity contribution is -0.384. The van der Waals surface area contributed by atoms with Crippen molar-refractivity contribution in [3.05, 3.63) is 70.2 Å². The first-order valence-corrected chi connectivity index (χ1v) is 8.59. The zero-order valence-electron chi connectivity index (χ0n) is 14.4. The molecule has 7 nitrogen and oxygen atoms in total. The third-order valence-electron chi connectivity index (χ3n) is 4.80. The predicted octanol–water partition coefficient (Wildman–Crippen LogP) is 3.18. The Morgan fingerprint density at radius 1 is 1.07 bits per heavy atom. The van der Waals surface area contributed by atoms with Crippen molar-refractivity contribution in [2.45, 2.75) is 0 Å². The minimum absolute atomic E-state index is 0.0647. The standard InChI is InChI=1S/C19H17FN4O3/c20-14-5-6-15-13(11-14)12-16(21-15)19(25)23-9-7-22(8-10-23)17-3-1-2-4-18(17)24(26)27/h1-6,11-12,21H,7-10H2. The first-order chi connectivity index (χ1) is 13.0.